The van der Waals surface area contributed by atoms with Crippen molar-refractivity contribution in [2.75, 3.05) is 13.2 Å². The van der Waals surface area contributed by atoms with E-state index in [9.17, 15) is 18.0 Å². The van der Waals surface area contributed by atoms with E-state index in [0.29, 0.717) is 18.1 Å². The van der Waals surface area contributed by atoms with Gasteiger partial charge in [-0.1, -0.05) is 0 Å². The Morgan fingerprint density at radius 2 is 1.95 bits per heavy atom. The lowest BCUT2D eigenvalue weighted by Crippen LogP contribution is -2.17. The number of thioether (sulfide) groups is 1. The number of aromatic carboxylic acids is 1. The van der Waals surface area contributed by atoms with Crippen molar-refractivity contribution < 1.29 is 27.8 Å². The van der Waals surface area contributed by atoms with Crippen molar-refractivity contribution in [3.63, 3.8) is 0 Å². The van der Waals surface area contributed by atoms with Gasteiger partial charge in [-0.15, -0.1) is 11.8 Å². The monoisotopic (exact) mass is 306 g/mol. The van der Waals surface area contributed by atoms with Gasteiger partial charge in [-0.25, -0.2) is 4.79 Å². The van der Waals surface area contributed by atoms with E-state index < -0.39 is 23.3 Å². The summed E-state index contributed by atoms with van der Waals surface area (Å²) in [4.78, 5) is 11.3. The zero-order valence-electron chi connectivity index (χ0n) is 10.4. The van der Waals surface area contributed by atoms with Crippen LogP contribution in [0.3, 0.4) is 0 Å². The molecule has 1 aromatic carbocycles. The van der Waals surface area contributed by atoms with E-state index >= 15 is 0 Å². The summed E-state index contributed by atoms with van der Waals surface area (Å²) >= 11 is 1.34. The molecule has 1 aromatic rings. The average Bonchev–Trinajstić information content (AvgIpc) is 2.38. The number of rotatable bonds is 3. The molecule has 0 atom stereocenters. The lowest BCUT2D eigenvalue weighted by molar-refractivity contribution is -0.138. The number of carboxylic acid groups (broad SMARTS) is 1. The molecule has 1 heterocycles. The molecule has 0 unspecified atom stereocenters. The van der Waals surface area contributed by atoms with Crippen molar-refractivity contribution >= 4 is 17.7 Å². The topological polar surface area (TPSA) is 46.5 Å². The first-order valence-corrected chi connectivity index (χ1v) is 6.95. The van der Waals surface area contributed by atoms with Gasteiger partial charge in [0.25, 0.3) is 0 Å². The minimum Gasteiger partial charge on any atom is -0.478 e. The molecular weight excluding hydrogens is 293 g/mol. The number of alkyl halides is 3. The summed E-state index contributed by atoms with van der Waals surface area (Å²) in [6.07, 6.45) is -3.10. The highest BCUT2D eigenvalue weighted by molar-refractivity contribution is 8.00. The fourth-order valence-corrected chi connectivity index (χ4v) is 3.15. The van der Waals surface area contributed by atoms with Crippen LogP contribution in [0.1, 0.15) is 28.8 Å². The van der Waals surface area contributed by atoms with Crippen molar-refractivity contribution in [2.24, 2.45) is 0 Å². The third-order valence-electron chi connectivity index (χ3n) is 3.00. The van der Waals surface area contributed by atoms with Crippen LogP contribution in [0.15, 0.2) is 23.1 Å². The Balaban J connectivity index is 2.25. The summed E-state index contributed by atoms with van der Waals surface area (Å²) in [6, 6.07) is 3.37. The first-order chi connectivity index (χ1) is 9.38. The van der Waals surface area contributed by atoms with Crippen molar-refractivity contribution in [3.05, 3.63) is 29.3 Å². The average molecular weight is 306 g/mol. The molecule has 2 rings (SSSR count). The fraction of sp³-hybridized carbons (Fsp3) is 0.462. The number of ether oxygens (including phenoxy) is 1. The molecule has 20 heavy (non-hydrogen) atoms. The molecule has 0 aliphatic carbocycles. The lowest BCUT2D eigenvalue weighted by Gasteiger charge is -2.22. The Bertz CT molecular complexity index is 496. The van der Waals surface area contributed by atoms with Gasteiger partial charge in [0.15, 0.2) is 0 Å². The summed E-state index contributed by atoms with van der Waals surface area (Å²) in [5, 5.41) is 9.03. The number of carbonyl (C=O) groups is 1. The molecule has 0 aromatic heterocycles. The number of halogens is 3. The van der Waals surface area contributed by atoms with Gasteiger partial charge in [-0.05, 0) is 31.0 Å². The van der Waals surface area contributed by atoms with E-state index in [0.717, 1.165) is 25.0 Å². The Kier molecular flexibility index (Phi) is 4.59. The van der Waals surface area contributed by atoms with Gasteiger partial charge in [-0.2, -0.15) is 13.2 Å². The molecule has 7 heteroatoms. The van der Waals surface area contributed by atoms with Crippen LogP contribution in [0.4, 0.5) is 13.2 Å². The standard InChI is InChI=1S/C13H13F3O3S/c14-13(15,16)11-7-9(1-2-10(11)12(17)18)20-8-3-5-19-6-4-8/h1-2,7-8H,3-6H2,(H,17,18). The normalized spacial score (nSPS) is 17.1. The molecule has 0 radical (unpaired) electrons. The molecule has 3 nitrogen and oxygen atoms in total. The van der Waals surface area contributed by atoms with Crippen LogP contribution in [0.25, 0.3) is 0 Å². The number of benzene rings is 1. The smallest absolute Gasteiger partial charge is 0.417 e. The molecule has 0 amide bonds. The van der Waals surface area contributed by atoms with E-state index in [1.807, 2.05) is 0 Å². The van der Waals surface area contributed by atoms with Crippen LogP contribution in [0.2, 0.25) is 0 Å². The van der Waals surface area contributed by atoms with E-state index in [1.165, 1.54) is 17.8 Å². The Morgan fingerprint density at radius 1 is 1.30 bits per heavy atom. The molecule has 1 fully saturated rings. The third-order valence-corrected chi connectivity index (χ3v) is 4.33. The summed E-state index contributed by atoms with van der Waals surface area (Å²) in [5.74, 6) is -1.57. The van der Waals surface area contributed by atoms with E-state index in [1.54, 1.807) is 0 Å². The van der Waals surface area contributed by atoms with Crippen molar-refractivity contribution in [1.29, 1.82) is 0 Å². The van der Waals surface area contributed by atoms with Crippen LogP contribution >= 0.6 is 11.8 Å². The summed E-state index contributed by atoms with van der Waals surface area (Å²) in [5.41, 5.74) is -1.81. The van der Waals surface area contributed by atoms with Crippen molar-refractivity contribution in [1.82, 2.24) is 0 Å². The van der Waals surface area contributed by atoms with Crippen LogP contribution < -0.4 is 0 Å². The van der Waals surface area contributed by atoms with Gasteiger partial charge in [0, 0.05) is 23.4 Å². The molecule has 0 bridgehead atoms. The molecule has 110 valence electrons. The minimum absolute atomic E-state index is 0.209. The van der Waals surface area contributed by atoms with Gasteiger partial charge in [-0.3, -0.25) is 0 Å². The van der Waals surface area contributed by atoms with Gasteiger partial charge in [0.1, 0.15) is 0 Å². The van der Waals surface area contributed by atoms with Gasteiger partial charge >= 0.3 is 12.1 Å². The predicted molar refractivity (Wildman–Crippen MR) is 68.1 cm³/mol. The van der Waals surface area contributed by atoms with Gasteiger partial charge < -0.3 is 9.84 Å². The number of hydrogen-bond acceptors (Lipinski definition) is 3. The molecule has 1 N–H and O–H groups in total. The molecule has 0 spiro atoms. The number of carboxylic acids is 1. The number of hydrogen-bond donors (Lipinski definition) is 1. The fourth-order valence-electron chi connectivity index (χ4n) is 2.00. The minimum atomic E-state index is -4.67. The summed E-state index contributed by atoms with van der Waals surface area (Å²) in [6.45, 7) is 1.22. The predicted octanol–water partition coefficient (Wildman–Crippen LogP) is 3.67. The lowest BCUT2D eigenvalue weighted by atomic mass is 10.1. The highest BCUT2D eigenvalue weighted by Crippen LogP contribution is 2.37. The zero-order valence-corrected chi connectivity index (χ0v) is 11.3. The highest BCUT2D eigenvalue weighted by Gasteiger charge is 2.35. The maximum atomic E-state index is 12.9. The molecule has 1 aliphatic heterocycles. The van der Waals surface area contributed by atoms with Gasteiger partial charge in [0.05, 0.1) is 11.1 Å². The zero-order chi connectivity index (χ0) is 14.8. The summed E-state index contributed by atoms with van der Waals surface area (Å²) < 4.78 is 43.8. The largest absolute Gasteiger partial charge is 0.478 e. The summed E-state index contributed by atoms with van der Waals surface area (Å²) in [7, 11) is 0. The maximum Gasteiger partial charge on any atom is 0.417 e. The molecule has 1 aliphatic rings. The second-order valence-electron chi connectivity index (χ2n) is 4.44. The highest BCUT2D eigenvalue weighted by atomic mass is 32.2. The first-order valence-electron chi connectivity index (χ1n) is 6.07. The Labute approximate surface area is 118 Å². The molecule has 0 saturated carbocycles. The maximum absolute atomic E-state index is 12.9. The Hall–Kier alpha value is -1.21. The van der Waals surface area contributed by atoms with Crippen LogP contribution in [0, 0.1) is 0 Å². The Morgan fingerprint density at radius 3 is 2.50 bits per heavy atom. The van der Waals surface area contributed by atoms with Crippen molar-refractivity contribution in [2.45, 2.75) is 29.2 Å². The SMILES string of the molecule is O=C(O)c1ccc(SC2CCOCC2)cc1C(F)(F)F. The first kappa shape index (κ1) is 15.2. The van der Waals surface area contributed by atoms with Crippen molar-refractivity contribution in [3.8, 4) is 0 Å². The van der Waals surface area contributed by atoms with E-state index in [4.69, 9.17) is 9.84 Å². The molecule has 1 saturated heterocycles. The molecular formula is C13H13F3O3S. The van der Waals surface area contributed by atoms with Crippen LogP contribution in [0.5, 0.6) is 0 Å². The van der Waals surface area contributed by atoms with E-state index in [-0.39, 0.29) is 5.25 Å². The second kappa shape index (κ2) is 6.05. The second-order valence-corrected chi connectivity index (χ2v) is 5.81. The van der Waals surface area contributed by atoms with Gasteiger partial charge in [0.2, 0.25) is 0 Å². The van der Waals surface area contributed by atoms with E-state index in [2.05, 4.69) is 0 Å². The van der Waals surface area contributed by atoms with Crippen LogP contribution in [-0.2, 0) is 10.9 Å². The van der Waals surface area contributed by atoms with Crippen LogP contribution in [-0.4, -0.2) is 29.5 Å². The quantitative estimate of drug-likeness (QED) is 0.925. The third kappa shape index (κ3) is 3.67.